The number of oxazole rings is 1. The van der Waals surface area contributed by atoms with Gasteiger partial charge in [-0.1, -0.05) is 39.7 Å². The second-order valence-electron chi connectivity index (χ2n) is 20.7. The van der Waals surface area contributed by atoms with Crippen molar-refractivity contribution in [2.45, 2.75) is 63.2 Å². The molecule has 9 N–H and O–H groups in total. The number of halogens is 1. The smallest absolute Gasteiger partial charge is 0.490 e. The number of aromatic nitrogens is 4. The fourth-order valence-electron chi connectivity index (χ4n) is 9.50. The molecule has 4 aromatic heterocycles. The maximum absolute atomic E-state index is 13.1. The maximum atomic E-state index is 13.1. The lowest BCUT2D eigenvalue weighted by atomic mass is 10.1. The Kier molecular flexibility index (Phi) is 26.2. The first-order valence-electron chi connectivity index (χ1n) is 28.7. The molecule has 97 heavy (non-hydrogen) atoms. The van der Waals surface area contributed by atoms with Gasteiger partial charge in [0.1, 0.15) is 78.3 Å². The molecule has 0 aliphatic carbocycles. The molecule has 5 heterocycles. The number of carbonyl (C=O) groups is 3. The Labute approximate surface area is 553 Å². The quantitative estimate of drug-likeness (QED) is 0.00292. The van der Waals surface area contributed by atoms with Crippen LogP contribution in [0.15, 0.2) is 103 Å². The molecule has 0 radical (unpaired) electrons. The molecule has 2 amide bonds. The van der Waals surface area contributed by atoms with Gasteiger partial charge in [-0.05, 0) is 84.9 Å². The first kappa shape index (κ1) is 74.4. The van der Waals surface area contributed by atoms with Crippen LogP contribution in [-0.4, -0.2) is 160 Å². The monoisotopic (exact) mass is 1450 g/mol. The summed E-state index contributed by atoms with van der Waals surface area (Å²) in [5.74, 6) is 4.30. The zero-order valence-electron chi connectivity index (χ0n) is 50.5. The summed E-state index contributed by atoms with van der Waals surface area (Å²) in [7, 11) is -21.3. The number of ketones is 1. The summed E-state index contributed by atoms with van der Waals surface area (Å²) in [4.78, 5) is 109. The first-order chi connectivity index (χ1) is 46.1. The summed E-state index contributed by atoms with van der Waals surface area (Å²) in [6, 6.07) is 17.7. The Morgan fingerprint density at radius 3 is 2.51 bits per heavy atom. The van der Waals surface area contributed by atoms with Crippen molar-refractivity contribution in [1.29, 1.82) is 0 Å². The van der Waals surface area contributed by atoms with Gasteiger partial charge in [0.2, 0.25) is 11.8 Å². The van der Waals surface area contributed by atoms with Crippen molar-refractivity contribution >= 4 is 107 Å². The third-order valence-corrected chi connectivity index (χ3v) is 18.5. The van der Waals surface area contributed by atoms with Crippen molar-refractivity contribution in [3.8, 4) is 29.0 Å². The molecule has 0 spiro atoms. The van der Waals surface area contributed by atoms with Crippen molar-refractivity contribution in [2.24, 2.45) is 10.2 Å². The van der Waals surface area contributed by atoms with Gasteiger partial charge in [0.15, 0.2) is 11.8 Å². The zero-order chi connectivity index (χ0) is 69.9. The number of amides is 2. The van der Waals surface area contributed by atoms with Gasteiger partial charge in [-0.25, -0.2) is 33.4 Å². The topological polar surface area (TPSA) is 549 Å². The largest absolute Gasteiger partial charge is 0.491 e. The number of benzene rings is 3. The van der Waals surface area contributed by atoms with Crippen LogP contribution in [0.5, 0.6) is 5.75 Å². The predicted molar refractivity (Wildman–Crippen MR) is 340 cm³/mol. The van der Waals surface area contributed by atoms with Gasteiger partial charge in [-0.15, -0.1) is 0 Å². The fourth-order valence-corrected chi connectivity index (χ4v) is 13.2. The Bertz CT molecular complexity index is 4520. The number of phosphoric acid groups is 3. The summed E-state index contributed by atoms with van der Waals surface area (Å²) in [5.41, 5.74) is 25.9. The molecule has 3 aromatic carbocycles. The highest BCUT2D eigenvalue weighted by Crippen LogP contribution is 2.66. The lowest BCUT2D eigenvalue weighted by molar-refractivity contribution is -0.126. The molecular formula is C54H60ClN14O24P3S. The van der Waals surface area contributed by atoms with Gasteiger partial charge in [0.05, 0.1) is 49.2 Å². The molecule has 7 aromatic rings. The van der Waals surface area contributed by atoms with E-state index in [1.54, 1.807) is 60.7 Å². The minimum Gasteiger partial charge on any atom is -0.491 e. The zero-order valence-corrected chi connectivity index (χ0v) is 54.7. The number of carbonyl (C=O) groups excluding carboxylic acids is 3. The average Bonchev–Trinajstić information content (AvgIpc) is 1.76. The summed E-state index contributed by atoms with van der Waals surface area (Å²) in [6.07, 6.45) is -0.930. The van der Waals surface area contributed by atoms with E-state index in [9.17, 15) is 55.6 Å². The van der Waals surface area contributed by atoms with Crippen molar-refractivity contribution < 1.29 is 106 Å². The normalized spacial score (nSPS) is 16.3. The van der Waals surface area contributed by atoms with E-state index in [0.717, 1.165) is 6.33 Å². The number of phosphoric ester groups is 1. The lowest BCUT2D eigenvalue weighted by Crippen LogP contribution is -2.29. The van der Waals surface area contributed by atoms with Crippen LogP contribution in [0.3, 0.4) is 0 Å². The Morgan fingerprint density at radius 2 is 1.73 bits per heavy atom. The van der Waals surface area contributed by atoms with Crippen LogP contribution in [0.2, 0.25) is 5.02 Å². The van der Waals surface area contributed by atoms with Crippen LogP contribution in [0.4, 0.5) is 11.5 Å². The molecule has 1 aliphatic rings. The molecule has 1 fully saturated rings. The van der Waals surface area contributed by atoms with Gasteiger partial charge >= 0.3 is 29.1 Å². The molecule has 518 valence electrons. The molecular weight excluding hydrogens is 1390 g/mol. The molecule has 8 rings (SSSR count). The van der Waals surface area contributed by atoms with Crippen LogP contribution in [0, 0.1) is 11.8 Å². The van der Waals surface area contributed by atoms with Crippen LogP contribution >= 0.6 is 35.1 Å². The van der Waals surface area contributed by atoms with Crippen molar-refractivity contribution in [3.63, 3.8) is 0 Å². The summed E-state index contributed by atoms with van der Waals surface area (Å²) < 4.78 is 121. The molecule has 6 unspecified atom stereocenters. The number of anilines is 2. The second-order valence-corrected chi connectivity index (χ2v) is 27.1. The second kappa shape index (κ2) is 34.2. The highest BCUT2D eigenvalue weighted by Gasteiger charge is 2.44. The van der Waals surface area contributed by atoms with E-state index < -0.39 is 101 Å². The van der Waals surface area contributed by atoms with Crippen molar-refractivity contribution in [3.05, 3.63) is 127 Å². The Balaban J connectivity index is 0.737. The van der Waals surface area contributed by atoms with Crippen LogP contribution < -0.4 is 31.6 Å². The minimum atomic E-state index is -5.83. The van der Waals surface area contributed by atoms with E-state index in [4.69, 9.17) is 75.2 Å². The molecule has 6 atom stereocenters. The lowest BCUT2D eigenvalue weighted by Gasteiger charge is -2.25. The summed E-state index contributed by atoms with van der Waals surface area (Å²) in [6.45, 7) is -1.97. The predicted octanol–water partition coefficient (Wildman–Crippen LogP) is 6.73. The number of ether oxygens (including phenoxy) is 5. The van der Waals surface area contributed by atoms with Gasteiger partial charge in [-0.2, -0.15) is 17.0 Å². The van der Waals surface area contributed by atoms with E-state index in [0.29, 0.717) is 46.6 Å². The number of fused-ring (bicyclic) bond motifs is 3. The average molecular weight is 1450 g/mol. The fraction of sp³-hybridized carbons (Fsp3) is 0.389. The Hall–Kier alpha value is -8.40. The number of rotatable bonds is 37. The van der Waals surface area contributed by atoms with E-state index in [1.807, 2.05) is 4.90 Å². The third kappa shape index (κ3) is 22.9. The molecule has 38 nitrogen and oxygen atoms in total. The summed E-state index contributed by atoms with van der Waals surface area (Å²) >= 11 is 6.08. The van der Waals surface area contributed by atoms with E-state index in [2.05, 4.69) is 66.1 Å². The Morgan fingerprint density at radius 1 is 0.938 bits per heavy atom. The molecule has 0 bridgehead atoms. The van der Waals surface area contributed by atoms with Gasteiger partial charge in [-0.3, -0.25) is 23.5 Å². The SMILES string of the molecule is [N-]=[N+]=NCOC1CC(n2cc(C#CCNC(=O)COCCOC(COc3cccc(C(=O)NCCCC(=O)CCCN(CCCS(=O)(=O)O)c4ccc5cc(-c6nc7cc(Cl)ccc7o6)c(=O)oc5c4)c3)N=[N+]=[N-])c3c(N)ncnc32)OC1COP(=O)(O)OP(=O)(O)OP(=O)(O)O. The molecule has 1 aliphatic heterocycles. The van der Waals surface area contributed by atoms with Crippen molar-refractivity contribution in [1.82, 2.24) is 30.2 Å². The van der Waals surface area contributed by atoms with Gasteiger partial charge < -0.3 is 77.9 Å². The number of hydrogen-bond acceptors (Lipinski definition) is 26. The first-order valence-corrected chi connectivity index (χ1v) is 35.2. The maximum Gasteiger partial charge on any atom is 0.490 e. The van der Waals surface area contributed by atoms with E-state index >= 15 is 0 Å². The van der Waals surface area contributed by atoms with Crippen LogP contribution in [-0.2, 0) is 65.5 Å². The third-order valence-electron chi connectivity index (χ3n) is 13.7. The number of azide groups is 2. The van der Waals surface area contributed by atoms with Crippen molar-refractivity contribution in [2.75, 3.05) is 82.3 Å². The number of nitrogens with one attached hydrogen (secondary N) is 2. The number of hydrogen-bond donors (Lipinski definition) is 8. The highest BCUT2D eigenvalue weighted by atomic mass is 35.5. The standard InChI is InChI=1S/C54H60ClN14O24P3S/c55-36-12-14-42-41(24-36)64-53(90-42)40-23-33-11-13-37(25-43(33)91-54(40)73)68(18-5-21-97(81,82)83)17-4-9-38(70)8-3-16-60-52(72)34-6-1-10-39(22-34)86-30-47(65-67-58)85-20-19-84-29-46(71)59-15-2-7-35-27-69(51-49(35)50(56)61-31-62-51)48-26-44(87-32-63-66-57)45(89-48)28-88-95(77,78)93-96(79,80)92-94(74,75)76/h1,6,10-14,22-25,27,31,44-45,47-48H,3-5,8-9,15-21,26,28-30,32H2,(H,59,71)(H,60,72)(H,77,78)(H,79,80)(H2,56,61,62)(H2,74,75,76)(H,81,82,83). The van der Waals surface area contributed by atoms with Crippen LogP contribution in [0.1, 0.15) is 60.7 Å². The number of nitrogens with zero attached hydrogens (tertiary/aromatic N) is 11. The van der Waals surface area contributed by atoms with Gasteiger partial charge in [0.25, 0.3) is 16.0 Å². The van der Waals surface area contributed by atoms with E-state index in [1.165, 1.54) is 16.8 Å². The summed E-state index contributed by atoms with van der Waals surface area (Å²) in [5, 5.41) is 13.4. The number of nitrogens with two attached hydrogens (primary N) is 1. The molecule has 0 saturated carbocycles. The van der Waals surface area contributed by atoms with Gasteiger partial charge in [0, 0.05) is 82.6 Å². The number of Topliss-reactive ketones (excluding diaryl/α,β-unsaturated/α-hetero) is 1. The highest BCUT2D eigenvalue weighted by molar-refractivity contribution is 7.85. The van der Waals surface area contributed by atoms with E-state index in [-0.39, 0.29) is 122 Å². The minimum absolute atomic E-state index is 0.00583. The molecule has 1 saturated heterocycles. The number of nitrogen functional groups attached to an aromatic ring is 1. The van der Waals surface area contributed by atoms with Crippen LogP contribution in [0.25, 0.3) is 65.4 Å². The molecule has 43 heteroatoms.